The number of imidazole rings is 1. The van der Waals surface area contributed by atoms with Crippen LogP contribution in [0.5, 0.6) is 0 Å². The fourth-order valence-electron chi connectivity index (χ4n) is 1.61. The number of H-pyrrole nitrogens is 1. The van der Waals surface area contributed by atoms with E-state index in [1.165, 1.54) is 10.8 Å². The van der Waals surface area contributed by atoms with Gasteiger partial charge in [-0.25, -0.2) is 4.79 Å². The van der Waals surface area contributed by atoms with Crippen LogP contribution in [-0.2, 0) is 4.74 Å². The maximum atomic E-state index is 11.2. The lowest BCUT2D eigenvalue weighted by atomic mass is 10.2. The Morgan fingerprint density at radius 1 is 1.71 bits per heavy atom. The lowest BCUT2D eigenvalue weighted by Crippen LogP contribution is -2.25. The molecule has 1 aromatic rings. The van der Waals surface area contributed by atoms with Crippen LogP contribution in [0.4, 0.5) is 0 Å². The number of aromatic nitrogens is 2. The average molecular weight is 200 g/mol. The summed E-state index contributed by atoms with van der Waals surface area (Å²) in [5.41, 5.74) is -0.277. The summed E-state index contributed by atoms with van der Waals surface area (Å²) in [6.07, 6.45) is 1.58. The summed E-state index contributed by atoms with van der Waals surface area (Å²) >= 11 is 0. The van der Waals surface area contributed by atoms with Crippen molar-refractivity contribution in [2.45, 2.75) is 24.9 Å². The lowest BCUT2D eigenvalue weighted by Gasteiger charge is -2.11. The van der Waals surface area contributed by atoms with Crippen LogP contribution >= 0.6 is 0 Å². The molecular weight excluding hydrogens is 188 g/mol. The second-order valence-electron chi connectivity index (χ2n) is 3.29. The average Bonchev–Trinajstić information content (AvgIpc) is 2.71. The van der Waals surface area contributed by atoms with Gasteiger partial charge in [-0.3, -0.25) is 4.57 Å². The zero-order valence-electron chi connectivity index (χ0n) is 7.46. The highest BCUT2D eigenvalue weighted by atomic mass is 16.5. The van der Waals surface area contributed by atoms with E-state index < -0.39 is 18.4 Å². The standard InChI is InChI=1S/C8H12N2O4/c11-4-6-5(12)3-7(14-6)10-2-1-9-8(10)13/h1-2,5-7,11-12H,3-4H2,(H,9,13)/t5-,6+,7+/m0/s1. The molecule has 0 saturated carbocycles. The Morgan fingerprint density at radius 3 is 3.00 bits per heavy atom. The Balaban J connectivity index is 2.16. The quantitative estimate of drug-likeness (QED) is 0.560. The number of hydrogen-bond donors (Lipinski definition) is 3. The number of aliphatic hydroxyl groups is 2. The van der Waals surface area contributed by atoms with Crippen LogP contribution in [0.1, 0.15) is 12.6 Å². The van der Waals surface area contributed by atoms with E-state index in [2.05, 4.69) is 4.98 Å². The fourth-order valence-corrected chi connectivity index (χ4v) is 1.61. The van der Waals surface area contributed by atoms with E-state index in [0.717, 1.165) is 0 Å². The van der Waals surface area contributed by atoms with Gasteiger partial charge < -0.3 is 19.9 Å². The molecule has 1 aliphatic heterocycles. The Hall–Kier alpha value is -1.11. The van der Waals surface area contributed by atoms with E-state index in [-0.39, 0.29) is 12.3 Å². The van der Waals surface area contributed by atoms with Crippen molar-refractivity contribution in [3.05, 3.63) is 22.9 Å². The molecule has 3 N–H and O–H groups in total. The van der Waals surface area contributed by atoms with Gasteiger partial charge in [-0.1, -0.05) is 0 Å². The number of rotatable bonds is 2. The smallest absolute Gasteiger partial charge is 0.327 e. The molecule has 1 aromatic heterocycles. The van der Waals surface area contributed by atoms with Crippen molar-refractivity contribution in [3.63, 3.8) is 0 Å². The third-order valence-corrected chi connectivity index (χ3v) is 2.37. The number of hydrogen-bond acceptors (Lipinski definition) is 4. The molecule has 14 heavy (non-hydrogen) atoms. The minimum Gasteiger partial charge on any atom is -0.394 e. The van der Waals surface area contributed by atoms with Crippen molar-refractivity contribution in [1.82, 2.24) is 9.55 Å². The molecule has 6 nitrogen and oxygen atoms in total. The molecule has 1 fully saturated rings. The Bertz CT molecular complexity index is 358. The van der Waals surface area contributed by atoms with Gasteiger partial charge in [0.15, 0.2) is 0 Å². The molecule has 6 heteroatoms. The van der Waals surface area contributed by atoms with E-state index >= 15 is 0 Å². The highest BCUT2D eigenvalue weighted by Gasteiger charge is 2.34. The van der Waals surface area contributed by atoms with Crippen LogP contribution in [-0.4, -0.2) is 38.6 Å². The van der Waals surface area contributed by atoms with Gasteiger partial charge in [0.05, 0.1) is 12.7 Å². The number of nitrogens with zero attached hydrogens (tertiary/aromatic N) is 1. The van der Waals surface area contributed by atoms with Crippen molar-refractivity contribution < 1.29 is 14.9 Å². The zero-order chi connectivity index (χ0) is 10.1. The molecule has 0 amide bonds. The summed E-state index contributed by atoms with van der Waals surface area (Å²) in [7, 11) is 0. The first-order valence-electron chi connectivity index (χ1n) is 4.42. The van der Waals surface area contributed by atoms with Crippen LogP contribution < -0.4 is 5.69 Å². The molecule has 0 radical (unpaired) electrons. The number of ether oxygens (including phenoxy) is 1. The van der Waals surface area contributed by atoms with E-state index in [1.807, 2.05) is 0 Å². The van der Waals surface area contributed by atoms with Crippen LogP contribution in [0.15, 0.2) is 17.2 Å². The van der Waals surface area contributed by atoms with Crippen molar-refractivity contribution in [1.29, 1.82) is 0 Å². The molecule has 0 aliphatic carbocycles. The molecule has 0 spiro atoms. The van der Waals surface area contributed by atoms with Gasteiger partial charge in [0.1, 0.15) is 12.3 Å². The number of aliphatic hydroxyl groups excluding tert-OH is 2. The summed E-state index contributed by atoms with van der Waals surface area (Å²) in [6.45, 7) is -0.239. The largest absolute Gasteiger partial charge is 0.394 e. The van der Waals surface area contributed by atoms with Gasteiger partial charge in [0.2, 0.25) is 0 Å². The molecule has 1 saturated heterocycles. The van der Waals surface area contributed by atoms with Crippen LogP contribution in [0, 0.1) is 0 Å². The highest BCUT2D eigenvalue weighted by Crippen LogP contribution is 2.26. The summed E-state index contributed by atoms with van der Waals surface area (Å²) in [5, 5.41) is 18.3. The van der Waals surface area contributed by atoms with E-state index in [1.54, 1.807) is 6.20 Å². The molecule has 0 unspecified atom stereocenters. The van der Waals surface area contributed by atoms with Gasteiger partial charge in [-0.2, -0.15) is 0 Å². The minimum absolute atomic E-state index is 0.239. The minimum atomic E-state index is -0.716. The highest BCUT2D eigenvalue weighted by molar-refractivity contribution is 4.85. The van der Waals surface area contributed by atoms with Gasteiger partial charge in [0.25, 0.3) is 0 Å². The maximum Gasteiger partial charge on any atom is 0.327 e. The fraction of sp³-hybridized carbons (Fsp3) is 0.625. The Kier molecular flexibility index (Phi) is 2.40. The topological polar surface area (TPSA) is 87.5 Å². The predicted molar refractivity (Wildman–Crippen MR) is 46.7 cm³/mol. The summed E-state index contributed by atoms with van der Waals surface area (Å²) in [5.74, 6) is 0. The molecule has 0 aromatic carbocycles. The molecule has 2 rings (SSSR count). The monoisotopic (exact) mass is 200 g/mol. The van der Waals surface area contributed by atoms with E-state index in [4.69, 9.17) is 9.84 Å². The Morgan fingerprint density at radius 2 is 2.50 bits per heavy atom. The number of aromatic amines is 1. The van der Waals surface area contributed by atoms with Crippen LogP contribution in [0.2, 0.25) is 0 Å². The van der Waals surface area contributed by atoms with Crippen molar-refractivity contribution in [3.8, 4) is 0 Å². The second kappa shape index (κ2) is 3.56. The van der Waals surface area contributed by atoms with Crippen molar-refractivity contribution in [2.75, 3.05) is 6.61 Å². The predicted octanol–water partition coefficient (Wildman–Crippen LogP) is -1.18. The lowest BCUT2D eigenvalue weighted by molar-refractivity contribution is -0.0453. The summed E-state index contributed by atoms with van der Waals surface area (Å²) in [6, 6.07) is 0. The van der Waals surface area contributed by atoms with Gasteiger partial charge in [-0.15, -0.1) is 0 Å². The second-order valence-corrected chi connectivity index (χ2v) is 3.29. The summed E-state index contributed by atoms with van der Waals surface area (Å²) in [4.78, 5) is 13.7. The third-order valence-electron chi connectivity index (χ3n) is 2.37. The molecule has 78 valence electrons. The molecular formula is C8H12N2O4. The first-order valence-corrected chi connectivity index (χ1v) is 4.42. The third kappa shape index (κ3) is 1.47. The van der Waals surface area contributed by atoms with Crippen LogP contribution in [0.25, 0.3) is 0 Å². The van der Waals surface area contributed by atoms with E-state index in [9.17, 15) is 9.90 Å². The van der Waals surface area contributed by atoms with Gasteiger partial charge >= 0.3 is 5.69 Å². The van der Waals surface area contributed by atoms with Gasteiger partial charge in [-0.05, 0) is 0 Å². The number of nitrogens with one attached hydrogen (secondary N) is 1. The molecule has 3 atom stereocenters. The summed E-state index contributed by atoms with van der Waals surface area (Å²) < 4.78 is 6.65. The normalized spacial score (nSPS) is 32.3. The molecule has 2 heterocycles. The van der Waals surface area contributed by atoms with Crippen LogP contribution in [0.3, 0.4) is 0 Å². The van der Waals surface area contributed by atoms with Crippen molar-refractivity contribution >= 4 is 0 Å². The first-order chi connectivity index (χ1) is 6.72. The maximum absolute atomic E-state index is 11.2. The first kappa shape index (κ1) is 9.45. The zero-order valence-corrected chi connectivity index (χ0v) is 7.46. The van der Waals surface area contributed by atoms with E-state index in [0.29, 0.717) is 6.42 Å². The van der Waals surface area contributed by atoms with Crippen molar-refractivity contribution in [2.24, 2.45) is 0 Å². The molecule has 1 aliphatic rings. The molecule has 0 bridgehead atoms. The van der Waals surface area contributed by atoms with Gasteiger partial charge in [0, 0.05) is 18.8 Å². The SMILES string of the molecule is O=c1[nH]ccn1[C@H]1C[C@H](O)[C@@H](CO)O1. The Labute approximate surface area is 79.8 Å².